The first-order valence-electron chi connectivity index (χ1n) is 5.08. The summed E-state index contributed by atoms with van der Waals surface area (Å²) in [6, 6.07) is 0.878. The third kappa shape index (κ3) is 2.23. The molecule has 1 aromatic rings. The Morgan fingerprint density at radius 1 is 1.53 bits per heavy atom. The average molecular weight is 232 g/mol. The molecule has 0 amide bonds. The number of hydrogen-bond donors (Lipinski definition) is 0. The summed E-state index contributed by atoms with van der Waals surface area (Å²) in [5.41, 5.74) is 0. The molecule has 0 aliphatic carbocycles. The zero-order valence-electron chi connectivity index (χ0n) is 8.65. The zero-order chi connectivity index (χ0) is 10.7. The van der Waals surface area contributed by atoms with Crippen LogP contribution in [0.3, 0.4) is 0 Å². The van der Waals surface area contributed by atoms with Gasteiger partial charge < -0.3 is 14.1 Å². The Labute approximate surface area is 93.4 Å². The van der Waals surface area contributed by atoms with Crippen LogP contribution in [0.4, 0.5) is 6.01 Å². The molecule has 0 spiro atoms. The van der Waals surface area contributed by atoms with Crippen molar-refractivity contribution in [2.45, 2.75) is 25.3 Å². The van der Waals surface area contributed by atoms with Gasteiger partial charge in [-0.15, -0.1) is 16.7 Å². The molecule has 2 heterocycles. The van der Waals surface area contributed by atoms with E-state index in [-0.39, 0.29) is 5.88 Å². The van der Waals surface area contributed by atoms with E-state index in [1.54, 1.807) is 0 Å². The van der Waals surface area contributed by atoms with Crippen LogP contribution in [0.25, 0.3) is 0 Å². The molecule has 6 heteroatoms. The van der Waals surface area contributed by atoms with Gasteiger partial charge in [0.15, 0.2) is 0 Å². The van der Waals surface area contributed by atoms with E-state index in [1.807, 2.05) is 0 Å². The fraction of sp³-hybridized carbons (Fsp3) is 0.778. The van der Waals surface area contributed by atoms with Crippen molar-refractivity contribution >= 4 is 17.6 Å². The number of nitrogens with zero attached hydrogens (tertiary/aromatic N) is 3. The smallest absolute Gasteiger partial charge is 0.318 e. The third-order valence-corrected chi connectivity index (χ3v) is 2.74. The molecule has 1 saturated heterocycles. The Morgan fingerprint density at radius 2 is 2.40 bits per heavy atom. The van der Waals surface area contributed by atoms with Gasteiger partial charge in [-0.25, -0.2) is 0 Å². The fourth-order valence-corrected chi connectivity index (χ4v) is 1.77. The minimum atomic E-state index is 0.258. The SMILES string of the molecule is CCC1COCCN1c1nnc(CCl)o1. The molecular weight excluding hydrogens is 218 g/mol. The van der Waals surface area contributed by atoms with Crippen molar-refractivity contribution < 1.29 is 9.15 Å². The van der Waals surface area contributed by atoms with E-state index in [0.717, 1.165) is 19.6 Å². The number of halogens is 1. The van der Waals surface area contributed by atoms with Gasteiger partial charge in [0.25, 0.3) is 0 Å². The first-order valence-corrected chi connectivity index (χ1v) is 5.61. The molecule has 1 aliphatic heterocycles. The van der Waals surface area contributed by atoms with Gasteiger partial charge in [0.1, 0.15) is 5.88 Å². The van der Waals surface area contributed by atoms with E-state index < -0.39 is 0 Å². The van der Waals surface area contributed by atoms with Gasteiger partial charge >= 0.3 is 6.01 Å². The highest BCUT2D eigenvalue weighted by molar-refractivity contribution is 6.16. The molecule has 5 nitrogen and oxygen atoms in total. The lowest BCUT2D eigenvalue weighted by molar-refractivity contribution is 0.0900. The van der Waals surface area contributed by atoms with E-state index in [0.29, 0.717) is 24.6 Å². The Kier molecular flexibility index (Phi) is 3.43. The van der Waals surface area contributed by atoms with Crippen molar-refractivity contribution in [3.63, 3.8) is 0 Å². The van der Waals surface area contributed by atoms with E-state index in [2.05, 4.69) is 22.0 Å². The number of alkyl halides is 1. The molecule has 0 N–H and O–H groups in total. The number of rotatable bonds is 3. The molecule has 84 valence electrons. The molecule has 2 rings (SSSR count). The maximum absolute atomic E-state index is 5.61. The van der Waals surface area contributed by atoms with E-state index in [9.17, 15) is 0 Å². The van der Waals surface area contributed by atoms with E-state index in [1.165, 1.54) is 0 Å². The molecular formula is C9H14ClN3O2. The molecule has 0 saturated carbocycles. The fourth-order valence-electron chi connectivity index (χ4n) is 1.66. The van der Waals surface area contributed by atoms with Gasteiger partial charge in [-0.3, -0.25) is 0 Å². The average Bonchev–Trinajstić information content (AvgIpc) is 2.77. The minimum Gasteiger partial charge on any atom is -0.407 e. The largest absolute Gasteiger partial charge is 0.407 e. The third-order valence-electron chi connectivity index (χ3n) is 2.51. The summed E-state index contributed by atoms with van der Waals surface area (Å²) >= 11 is 5.61. The maximum Gasteiger partial charge on any atom is 0.318 e. The van der Waals surface area contributed by atoms with Crippen LogP contribution in [0, 0.1) is 0 Å². The van der Waals surface area contributed by atoms with Crippen molar-refractivity contribution in [2.24, 2.45) is 0 Å². The monoisotopic (exact) mass is 231 g/mol. The van der Waals surface area contributed by atoms with Gasteiger partial charge in [-0.2, -0.15) is 0 Å². The Hall–Kier alpha value is -0.810. The van der Waals surface area contributed by atoms with Crippen LogP contribution in [-0.4, -0.2) is 36.0 Å². The predicted octanol–water partition coefficient (Wildman–Crippen LogP) is 1.42. The second-order valence-corrected chi connectivity index (χ2v) is 3.71. The molecule has 1 aromatic heterocycles. The molecule has 1 atom stereocenters. The molecule has 1 fully saturated rings. The van der Waals surface area contributed by atoms with Crippen LogP contribution in [-0.2, 0) is 10.6 Å². The second kappa shape index (κ2) is 4.81. The Morgan fingerprint density at radius 3 is 3.07 bits per heavy atom. The first-order chi connectivity index (χ1) is 7.35. The summed E-state index contributed by atoms with van der Waals surface area (Å²) in [5.74, 6) is 0.724. The van der Waals surface area contributed by atoms with Crippen LogP contribution in [0.2, 0.25) is 0 Å². The summed E-state index contributed by atoms with van der Waals surface area (Å²) in [6.45, 7) is 4.33. The van der Waals surface area contributed by atoms with Crippen LogP contribution in [0.15, 0.2) is 4.42 Å². The summed E-state index contributed by atoms with van der Waals surface area (Å²) < 4.78 is 10.8. The van der Waals surface area contributed by atoms with Crippen molar-refractivity contribution in [1.82, 2.24) is 10.2 Å². The predicted molar refractivity (Wildman–Crippen MR) is 56.1 cm³/mol. The highest BCUT2D eigenvalue weighted by atomic mass is 35.5. The number of ether oxygens (including phenoxy) is 1. The number of anilines is 1. The van der Waals surface area contributed by atoms with Crippen LogP contribution < -0.4 is 4.90 Å². The quantitative estimate of drug-likeness (QED) is 0.737. The van der Waals surface area contributed by atoms with E-state index in [4.69, 9.17) is 20.8 Å². The summed E-state index contributed by atoms with van der Waals surface area (Å²) in [4.78, 5) is 2.09. The molecule has 0 aromatic carbocycles. The van der Waals surface area contributed by atoms with Gasteiger partial charge in [0.05, 0.1) is 19.3 Å². The molecule has 0 bridgehead atoms. The minimum absolute atomic E-state index is 0.258. The number of hydrogen-bond acceptors (Lipinski definition) is 5. The maximum atomic E-state index is 5.61. The van der Waals surface area contributed by atoms with Gasteiger partial charge in [0.2, 0.25) is 5.89 Å². The van der Waals surface area contributed by atoms with Gasteiger partial charge in [0, 0.05) is 6.54 Å². The zero-order valence-corrected chi connectivity index (χ0v) is 9.40. The molecule has 1 unspecified atom stereocenters. The number of morpholine rings is 1. The Bertz CT molecular complexity index is 318. The standard InChI is InChI=1S/C9H14ClN3O2/c1-2-7-6-14-4-3-13(7)9-12-11-8(5-10)15-9/h7H,2-6H2,1H3. The molecule has 0 radical (unpaired) electrons. The highest BCUT2D eigenvalue weighted by Crippen LogP contribution is 2.20. The summed E-state index contributed by atoms with van der Waals surface area (Å²) in [6.07, 6.45) is 0.999. The van der Waals surface area contributed by atoms with Crippen molar-refractivity contribution in [3.8, 4) is 0 Å². The topological polar surface area (TPSA) is 51.4 Å². The lowest BCUT2D eigenvalue weighted by atomic mass is 10.2. The van der Waals surface area contributed by atoms with Crippen LogP contribution in [0.5, 0.6) is 0 Å². The van der Waals surface area contributed by atoms with Crippen molar-refractivity contribution in [3.05, 3.63) is 5.89 Å². The van der Waals surface area contributed by atoms with Gasteiger partial charge in [-0.1, -0.05) is 12.0 Å². The highest BCUT2D eigenvalue weighted by Gasteiger charge is 2.25. The Balaban J connectivity index is 2.12. The number of aromatic nitrogens is 2. The van der Waals surface area contributed by atoms with Crippen molar-refractivity contribution in [2.75, 3.05) is 24.7 Å². The van der Waals surface area contributed by atoms with Gasteiger partial charge in [-0.05, 0) is 6.42 Å². The van der Waals surface area contributed by atoms with Crippen molar-refractivity contribution in [1.29, 1.82) is 0 Å². The van der Waals surface area contributed by atoms with Crippen LogP contribution >= 0.6 is 11.6 Å². The lowest BCUT2D eigenvalue weighted by Gasteiger charge is -2.33. The normalized spacial score (nSPS) is 22.0. The lowest BCUT2D eigenvalue weighted by Crippen LogP contribution is -2.45. The second-order valence-electron chi connectivity index (χ2n) is 3.44. The first kappa shape index (κ1) is 10.7. The summed E-state index contributed by atoms with van der Waals surface area (Å²) in [5, 5.41) is 7.83. The molecule has 15 heavy (non-hydrogen) atoms. The van der Waals surface area contributed by atoms with E-state index >= 15 is 0 Å². The summed E-state index contributed by atoms with van der Waals surface area (Å²) in [7, 11) is 0. The molecule has 1 aliphatic rings. The van der Waals surface area contributed by atoms with Crippen LogP contribution in [0.1, 0.15) is 19.2 Å².